The van der Waals surface area contributed by atoms with Gasteiger partial charge in [0.25, 0.3) is 0 Å². The zero-order chi connectivity index (χ0) is 19.7. The molecule has 0 saturated heterocycles. The molecule has 0 amide bonds. The van der Waals surface area contributed by atoms with Crippen molar-refractivity contribution in [2.75, 3.05) is 11.4 Å². The van der Waals surface area contributed by atoms with Crippen molar-refractivity contribution in [1.29, 1.82) is 5.26 Å². The number of nitrogens with zero attached hydrogens (tertiary/aromatic N) is 5. The van der Waals surface area contributed by atoms with Gasteiger partial charge >= 0.3 is 0 Å². The number of anilines is 1. The molecule has 4 rings (SSSR count). The van der Waals surface area contributed by atoms with Gasteiger partial charge in [-0.25, -0.2) is 8.78 Å². The summed E-state index contributed by atoms with van der Waals surface area (Å²) in [5, 5.41) is 17.0. The number of aromatic nitrogens is 3. The predicted molar refractivity (Wildman–Crippen MR) is 96.9 cm³/mol. The number of ether oxygens (including phenoxy) is 1. The summed E-state index contributed by atoms with van der Waals surface area (Å²) < 4.78 is 32.7. The van der Waals surface area contributed by atoms with Gasteiger partial charge in [0, 0.05) is 31.3 Å². The zero-order valence-corrected chi connectivity index (χ0v) is 15.0. The van der Waals surface area contributed by atoms with Crippen molar-refractivity contribution in [1.82, 2.24) is 15.2 Å². The normalized spacial score (nSPS) is 13.0. The van der Waals surface area contributed by atoms with Gasteiger partial charge in [0.2, 0.25) is 0 Å². The third-order valence-corrected chi connectivity index (χ3v) is 4.51. The lowest BCUT2D eigenvalue weighted by Crippen LogP contribution is -2.32. The smallest absolute Gasteiger partial charge is 0.166 e. The maximum atomic E-state index is 13.8. The Balaban J connectivity index is 1.59. The van der Waals surface area contributed by atoms with E-state index in [2.05, 4.69) is 15.2 Å². The number of pyridine rings is 1. The molecule has 0 fully saturated rings. The highest BCUT2D eigenvalue weighted by atomic mass is 19.1. The van der Waals surface area contributed by atoms with Crippen LogP contribution < -0.4 is 9.64 Å². The van der Waals surface area contributed by atoms with Gasteiger partial charge in [-0.05, 0) is 42.3 Å². The van der Waals surface area contributed by atoms with Crippen LogP contribution in [0.1, 0.15) is 22.5 Å². The molecule has 3 aromatic rings. The van der Waals surface area contributed by atoms with Crippen molar-refractivity contribution in [3.05, 3.63) is 70.7 Å². The van der Waals surface area contributed by atoms with E-state index < -0.39 is 11.6 Å². The van der Waals surface area contributed by atoms with E-state index in [-0.39, 0.29) is 11.4 Å². The molecule has 0 aliphatic carbocycles. The molecule has 1 aliphatic heterocycles. The second-order valence-corrected chi connectivity index (χ2v) is 6.47. The van der Waals surface area contributed by atoms with E-state index in [1.807, 2.05) is 17.9 Å². The van der Waals surface area contributed by atoms with Crippen molar-refractivity contribution in [2.45, 2.75) is 19.9 Å². The first-order chi connectivity index (χ1) is 13.5. The highest BCUT2D eigenvalue weighted by molar-refractivity contribution is 5.50. The number of nitriles is 1. The highest BCUT2D eigenvalue weighted by Crippen LogP contribution is 2.29. The monoisotopic (exact) mass is 379 g/mol. The summed E-state index contributed by atoms with van der Waals surface area (Å²) in [4.78, 5) is 6.44. The number of halogens is 2. The van der Waals surface area contributed by atoms with Gasteiger partial charge in [0.1, 0.15) is 17.6 Å². The topological polar surface area (TPSA) is 74.9 Å². The van der Waals surface area contributed by atoms with Gasteiger partial charge in [-0.15, -0.1) is 10.2 Å². The standard InChI is InChI=1S/C20H15F2N5O/c1-12-6-15(9-23)25-26-20(12)27-5-4-18-13(11-27)7-16(10-24-18)28-19-8-14(21)2-3-17(19)22/h2-3,6-8,10H,4-5,11H2,1H3. The predicted octanol–water partition coefficient (Wildman–Crippen LogP) is 3.68. The van der Waals surface area contributed by atoms with E-state index in [4.69, 9.17) is 10.00 Å². The Morgan fingerprint density at radius 3 is 2.82 bits per heavy atom. The van der Waals surface area contributed by atoms with Crippen LogP contribution in [0.5, 0.6) is 11.5 Å². The molecule has 0 spiro atoms. The number of fused-ring (bicyclic) bond motifs is 1. The van der Waals surface area contributed by atoms with Crippen LogP contribution in [-0.2, 0) is 13.0 Å². The molecular formula is C20H15F2N5O. The Labute approximate surface area is 160 Å². The first-order valence-corrected chi connectivity index (χ1v) is 8.63. The zero-order valence-electron chi connectivity index (χ0n) is 15.0. The van der Waals surface area contributed by atoms with Crippen LogP contribution in [-0.4, -0.2) is 21.7 Å². The van der Waals surface area contributed by atoms with Gasteiger partial charge in [-0.2, -0.15) is 5.26 Å². The Morgan fingerprint density at radius 1 is 1.18 bits per heavy atom. The average molecular weight is 379 g/mol. The van der Waals surface area contributed by atoms with Gasteiger partial charge in [0.05, 0.1) is 6.20 Å². The molecule has 0 bridgehead atoms. The summed E-state index contributed by atoms with van der Waals surface area (Å²) in [6, 6.07) is 8.49. The molecule has 0 atom stereocenters. The van der Waals surface area contributed by atoms with E-state index in [0.717, 1.165) is 35.0 Å². The Bertz CT molecular complexity index is 1100. The van der Waals surface area contributed by atoms with Crippen molar-refractivity contribution in [3.8, 4) is 17.6 Å². The average Bonchev–Trinajstić information content (AvgIpc) is 2.70. The number of rotatable bonds is 3. The number of benzene rings is 1. The largest absolute Gasteiger partial charge is 0.453 e. The molecule has 0 saturated carbocycles. The molecule has 6 nitrogen and oxygen atoms in total. The maximum absolute atomic E-state index is 13.8. The SMILES string of the molecule is Cc1cc(C#N)nnc1N1CCc2ncc(Oc3cc(F)ccc3F)cc2C1. The van der Waals surface area contributed by atoms with E-state index in [1.54, 1.807) is 12.1 Å². The molecule has 28 heavy (non-hydrogen) atoms. The third kappa shape index (κ3) is 3.47. The third-order valence-electron chi connectivity index (χ3n) is 4.51. The van der Waals surface area contributed by atoms with Crippen LogP contribution >= 0.6 is 0 Å². The van der Waals surface area contributed by atoms with E-state index in [0.29, 0.717) is 31.1 Å². The van der Waals surface area contributed by atoms with Crippen LogP contribution in [0.3, 0.4) is 0 Å². The Kier molecular flexibility index (Phi) is 4.57. The quantitative estimate of drug-likeness (QED) is 0.691. The molecule has 3 heterocycles. The molecule has 2 aromatic heterocycles. The minimum atomic E-state index is -0.649. The van der Waals surface area contributed by atoms with E-state index in [1.165, 1.54) is 6.20 Å². The number of aryl methyl sites for hydroxylation is 1. The summed E-state index contributed by atoms with van der Waals surface area (Å²) >= 11 is 0. The lowest BCUT2D eigenvalue weighted by Gasteiger charge is -2.30. The molecule has 140 valence electrons. The molecule has 8 heteroatoms. The fourth-order valence-electron chi connectivity index (χ4n) is 3.17. The fourth-order valence-corrected chi connectivity index (χ4v) is 3.17. The lowest BCUT2D eigenvalue weighted by molar-refractivity contribution is 0.433. The number of hydrogen-bond acceptors (Lipinski definition) is 6. The Morgan fingerprint density at radius 2 is 2.04 bits per heavy atom. The molecule has 0 unspecified atom stereocenters. The molecule has 1 aliphatic rings. The van der Waals surface area contributed by atoms with Gasteiger partial charge in [-0.1, -0.05) is 0 Å². The van der Waals surface area contributed by atoms with Crippen molar-refractivity contribution < 1.29 is 13.5 Å². The summed E-state index contributed by atoms with van der Waals surface area (Å²) in [6.07, 6.45) is 2.21. The summed E-state index contributed by atoms with van der Waals surface area (Å²) in [5.74, 6) is -0.393. The van der Waals surface area contributed by atoms with Crippen LogP contribution in [0.25, 0.3) is 0 Å². The molecule has 0 N–H and O–H groups in total. The minimum Gasteiger partial charge on any atom is -0.453 e. The molecule has 1 aromatic carbocycles. The van der Waals surface area contributed by atoms with E-state index in [9.17, 15) is 8.78 Å². The van der Waals surface area contributed by atoms with Crippen molar-refractivity contribution in [2.24, 2.45) is 0 Å². The number of hydrogen-bond donors (Lipinski definition) is 0. The molecular weight excluding hydrogens is 364 g/mol. The minimum absolute atomic E-state index is 0.191. The highest BCUT2D eigenvalue weighted by Gasteiger charge is 2.21. The van der Waals surface area contributed by atoms with Crippen molar-refractivity contribution in [3.63, 3.8) is 0 Å². The van der Waals surface area contributed by atoms with Crippen molar-refractivity contribution >= 4 is 5.82 Å². The summed E-state index contributed by atoms with van der Waals surface area (Å²) in [5.41, 5.74) is 2.96. The summed E-state index contributed by atoms with van der Waals surface area (Å²) in [6.45, 7) is 3.11. The first-order valence-electron chi connectivity index (χ1n) is 8.63. The van der Waals surface area contributed by atoms with Gasteiger partial charge in [0.15, 0.2) is 23.1 Å². The van der Waals surface area contributed by atoms with Crippen LogP contribution in [0.15, 0.2) is 36.5 Å². The maximum Gasteiger partial charge on any atom is 0.166 e. The van der Waals surface area contributed by atoms with Gasteiger partial charge in [-0.3, -0.25) is 4.98 Å². The lowest BCUT2D eigenvalue weighted by atomic mass is 10.0. The van der Waals surface area contributed by atoms with E-state index >= 15 is 0 Å². The fraction of sp³-hybridized carbons (Fsp3) is 0.200. The summed E-state index contributed by atoms with van der Waals surface area (Å²) in [7, 11) is 0. The second kappa shape index (κ2) is 7.19. The van der Waals surface area contributed by atoms with Crippen LogP contribution in [0.2, 0.25) is 0 Å². The van der Waals surface area contributed by atoms with Gasteiger partial charge < -0.3 is 9.64 Å². The molecule has 0 radical (unpaired) electrons. The first kappa shape index (κ1) is 17.8. The van der Waals surface area contributed by atoms with Crippen LogP contribution in [0.4, 0.5) is 14.6 Å². The van der Waals surface area contributed by atoms with Crippen LogP contribution in [0, 0.1) is 29.9 Å². The Hall–Kier alpha value is -3.60. The second-order valence-electron chi connectivity index (χ2n) is 6.47.